The van der Waals surface area contributed by atoms with Crippen molar-refractivity contribution in [3.63, 3.8) is 0 Å². The summed E-state index contributed by atoms with van der Waals surface area (Å²) in [6, 6.07) is 6.86. The lowest BCUT2D eigenvalue weighted by atomic mass is 10.0. The number of nitrogens with one attached hydrogen (secondary N) is 1. The first-order valence-corrected chi connectivity index (χ1v) is 8.10. The second-order valence-electron chi connectivity index (χ2n) is 6.12. The second kappa shape index (κ2) is 10.3. The molecule has 0 fully saturated rings. The Labute approximate surface area is 148 Å². The molecule has 1 rings (SSSR count). The quantitative estimate of drug-likeness (QED) is 0.576. The third kappa shape index (κ3) is 8.15. The maximum absolute atomic E-state index is 11.9. The Morgan fingerprint density at radius 1 is 1.16 bits per heavy atom. The van der Waals surface area contributed by atoms with Crippen molar-refractivity contribution < 1.29 is 23.9 Å². The van der Waals surface area contributed by atoms with Gasteiger partial charge < -0.3 is 14.8 Å². The van der Waals surface area contributed by atoms with E-state index < -0.39 is 30.5 Å². The zero-order valence-corrected chi connectivity index (χ0v) is 15.1. The first-order valence-electron chi connectivity index (χ1n) is 8.10. The molecular weight excluding hydrogens is 322 g/mol. The van der Waals surface area contributed by atoms with Crippen LogP contribution in [-0.2, 0) is 23.9 Å². The molecule has 0 heterocycles. The fourth-order valence-corrected chi connectivity index (χ4v) is 2.09. The van der Waals surface area contributed by atoms with E-state index in [4.69, 9.17) is 4.74 Å². The van der Waals surface area contributed by atoms with Gasteiger partial charge in [-0.1, -0.05) is 43.7 Å². The first kappa shape index (κ1) is 20.4. The zero-order chi connectivity index (χ0) is 18.8. The van der Waals surface area contributed by atoms with E-state index in [9.17, 15) is 14.4 Å². The third-order valence-electron chi connectivity index (χ3n) is 3.36. The highest BCUT2D eigenvalue weighted by atomic mass is 16.5. The molecule has 0 aromatic heterocycles. The average molecular weight is 347 g/mol. The molecule has 0 radical (unpaired) electrons. The molecule has 0 aliphatic carbocycles. The fourth-order valence-electron chi connectivity index (χ4n) is 2.09. The van der Waals surface area contributed by atoms with Crippen LogP contribution in [0.5, 0.6) is 0 Å². The summed E-state index contributed by atoms with van der Waals surface area (Å²) in [5.74, 6) is -1.50. The molecule has 1 aromatic carbocycles. The van der Waals surface area contributed by atoms with Gasteiger partial charge in [0, 0.05) is 6.08 Å². The van der Waals surface area contributed by atoms with Crippen molar-refractivity contribution >= 4 is 23.9 Å². The maximum atomic E-state index is 11.9. The van der Waals surface area contributed by atoms with E-state index in [2.05, 4.69) is 10.1 Å². The predicted octanol–water partition coefficient (Wildman–Crippen LogP) is 2.26. The Balaban J connectivity index is 2.47. The van der Waals surface area contributed by atoms with Crippen molar-refractivity contribution in [2.75, 3.05) is 13.7 Å². The molecule has 0 spiro atoms. The van der Waals surface area contributed by atoms with E-state index in [1.807, 2.05) is 45.0 Å². The molecule has 0 aliphatic rings. The number of carbonyl (C=O) groups is 3. The fraction of sp³-hybridized carbons (Fsp3) is 0.421. The largest absolute Gasteiger partial charge is 0.467 e. The van der Waals surface area contributed by atoms with Gasteiger partial charge in [0.15, 0.2) is 6.61 Å². The van der Waals surface area contributed by atoms with Crippen LogP contribution in [-0.4, -0.2) is 37.6 Å². The van der Waals surface area contributed by atoms with Crippen molar-refractivity contribution in [1.29, 1.82) is 0 Å². The number of ether oxygens (including phenoxy) is 2. The maximum Gasteiger partial charge on any atom is 0.331 e. The summed E-state index contributed by atoms with van der Waals surface area (Å²) < 4.78 is 9.54. The highest BCUT2D eigenvalue weighted by Crippen LogP contribution is 2.07. The number of hydrogen-bond donors (Lipinski definition) is 1. The third-order valence-corrected chi connectivity index (χ3v) is 3.36. The number of rotatable bonds is 8. The molecule has 0 unspecified atom stereocenters. The van der Waals surface area contributed by atoms with Gasteiger partial charge in [0.05, 0.1) is 7.11 Å². The Kier molecular flexibility index (Phi) is 8.39. The number of amides is 1. The van der Waals surface area contributed by atoms with E-state index in [1.165, 1.54) is 13.2 Å². The van der Waals surface area contributed by atoms with Crippen LogP contribution < -0.4 is 5.32 Å². The molecule has 6 nitrogen and oxygen atoms in total. The average Bonchev–Trinajstić information content (AvgIpc) is 2.57. The molecule has 1 atom stereocenters. The van der Waals surface area contributed by atoms with Crippen molar-refractivity contribution in [2.45, 2.75) is 33.2 Å². The number of methoxy groups -OCH3 is 1. The van der Waals surface area contributed by atoms with Crippen LogP contribution in [0.2, 0.25) is 0 Å². The van der Waals surface area contributed by atoms with Gasteiger partial charge in [-0.3, -0.25) is 4.79 Å². The zero-order valence-electron chi connectivity index (χ0n) is 15.1. The van der Waals surface area contributed by atoms with Crippen molar-refractivity contribution in [2.24, 2.45) is 5.92 Å². The molecule has 0 saturated heterocycles. The summed E-state index contributed by atoms with van der Waals surface area (Å²) in [5, 5.41) is 2.52. The molecule has 6 heteroatoms. The lowest BCUT2D eigenvalue weighted by Gasteiger charge is -2.18. The van der Waals surface area contributed by atoms with Crippen LogP contribution in [0, 0.1) is 12.8 Å². The molecule has 1 amide bonds. The van der Waals surface area contributed by atoms with Crippen LogP contribution in [0.1, 0.15) is 31.4 Å². The van der Waals surface area contributed by atoms with Crippen molar-refractivity contribution in [3.8, 4) is 0 Å². The number of aryl methyl sites for hydroxylation is 1. The minimum atomic E-state index is -0.751. The lowest BCUT2D eigenvalue weighted by molar-refractivity contribution is -0.148. The minimum absolute atomic E-state index is 0.199. The second-order valence-corrected chi connectivity index (χ2v) is 6.12. The molecule has 0 aliphatic heterocycles. The number of carbonyl (C=O) groups excluding carboxylic acids is 3. The summed E-state index contributed by atoms with van der Waals surface area (Å²) in [4.78, 5) is 35.2. The van der Waals surface area contributed by atoms with Crippen LogP contribution in [0.3, 0.4) is 0 Å². The molecule has 0 saturated carbocycles. The Hall–Kier alpha value is -2.63. The van der Waals surface area contributed by atoms with Crippen LogP contribution >= 0.6 is 0 Å². The molecule has 136 valence electrons. The summed E-state index contributed by atoms with van der Waals surface area (Å²) in [6.45, 7) is 5.37. The predicted molar refractivity (Wildman–Crippen MR) is 94.6 cm³/mol. The number of hydrogen-bond acceptors (Lipinski definition) is 5. The standard InChI is InChI=1S/C19H25NO5/c1-13(2)11-16(19(23)24-4)20-17(21)12-25-18(22)10-9-15-7-5-14(3)6-8-15/h5-10,13,16H,11-12H2,1-4H3,(H,20,21)/b10-9+/t16-/m0/s1. The first-order chi connectivity index (χ1) is 11.8. The van der Waals surface area contributed by atoms with E-state index >= 15 is 0 Å². The van der Waals surface area contributed by atoms with Crippen LogP contribution in [0.25, 0.3) is 6.08 Å². The minimum Gasteiger partial charge on any atom is -0.467 e. The Morgan fingerprint density at radius 3 is 2.36 bits per heavy atom. The van der Waals surface area contributed by atoms with Crippen molar-refractivity contribution in [3.05, 3.63) is 41.5 Å². The summed E-state index contributed by atoms with van der Waals surface area (Å²) >= 11 is 0. The SMILES string of the molecule is COC(=O)[C@H](CC(C)C)NC(=O)COC(=O)/C=C/c1ccc(C)cc1. The highest BCUT2D eigenvalue weighted by molar-refractivity contribution is 5.90. The number of esters is 2. The normalized spacial score (nSPS) is 12.0. The molecule has 0 bridgehead atoms. The number of benzene rings is 1. The topological polar surface area (TPSA) is 81.7 Å². The highest BCUT2D eigenvalue weighted by Gasteiger charge is 2.22. The smallest absolute Gasteiger partial charge is 0.331 e. The monoisotopic (exact) mass is 347 g/mol. The van der Waals surface area contributed by atoms with Crippen molar-refractivity contribution in [1.82, 2.24) is 5.32 Å². The van der Waals surface area contributed by atoms with E-state index in [1.54, 1.807) is 6.08 Å². The summed E-state index contributed by atoms with van der Waals surface area (Å²) in [6.07, 6.45) is 3.30. The van der Waals surface area contributed by atoms with Gasteiger partial charge in [-0.25, -0.2) is 9.59 Å². The molecule has 1 N–H and O–H groups in total. The molecular formula is C19H25NO5. The molecule has 1 aromatic rings. The molecule has 25 heavy (non-hydrogen) atoms. The van der Waals surface area contributed by atoms with Gasteiger partial charge in [0.1, 0.15) is 6.04 Å². The Bertz CT molecular complexity index is 619. The van der Waals surface area contributed by atoms with Gasteiger partial charge in [-0.15, -0.1) is 0 Å². The van der Waals surface area contributed by atoms with Gasteiger partial charge >= 0.3 is 11.9 Å². The van der Waals surface area contributed by atoms with E-state index in [0.29, 0.717) is 6.42 Å². The Morgan fingerprint density at radius 2 is 1.80 bits per heavy atom. The summed E-state index contributed by atoms with van der Waals surface area (Å²) in [7, 11) is 1.26. The summed E-state index contributed by atoms with van der Waals surface area (Å²) in [5.41, 5.74) is 1.98. The van der Waals surface area contributed by atoms with Gasteiger partial charge in [-0.2, -0.15) is 0 Å². The lowest BCUT2D eigenvalue weighted by Crippen LogP contribution is -2.44. The van der Waals surface area contributed by atoms with Crippen LogP contribution in [0.15, 0.2) is 30.3 Å². The van der Waals surface area contributed by atoms with Gasteiger partial charge in [0.25, 0.3) is 5.91 Å². The van der Waals surface area contributed by atoms with Gasteiger partial charge in [0.2, 0.25) is 0 Å². The van der Waals surface area contributed by atoms with E-state index in [-0.39, 0.29) is 5.92 Å². The van der Waals surface area contributed by atoms with Crippen LogP contribution in [0.4, 0.5) is 0 Å². The van der Waals surface area contributed by atoms with Gasteiger partial charge in [-0.05, 0) is 30.9 Å². The van der Waals surface area contributed by atoms with E-state index in [0.717, 1.165) is 11.1 Å².